The number of esters is 1. The molecule has 0 aromatic rings. The molecule has 0 heterocycles. The first-order valence-corrected chi connectivity index (χ1v) is 5.97. The molecule has 5 nitrogen and oxygen atoms in total. The number of ether oxygens (including phenoxy) is 3. The Kier molecular flexibility index (Phi) is 7.08. The van der Waals surface area contributed by atoms with Gasteiger partial charge in [-0.05, 0) is 27.2 Å². The SMILES string of the molecule is C=C(COC(=O)OC(C)(C)C)C(=O)OCCCC. The molecule has 0 bridgehead atoms. The van der Waals surface area contributed by atoms with Gasteiger partial charge in [0.2, 0.25) is 0 Å². The zero-order valence-electron chi connectivity index (χ0n) is 11.6. The number of hydrogen-bond acceptors (Lipinski definition) is 5. The second-order valence-electron chi connectivity index (χ2n) is 4.85. The highest BCUT2D eigenvalue weighted by Crippen LogP contribution is 2.08. The van der Waals surface area contributed by atoms with Crippen molar-refractivity contribution in [2.75, 3.05) is 13.2 Å². The van der Waals surface area contributed by atoms with Gasteiger partial charge in [-0.1, -0.05) is 19.9 Å². The fourth-order valence-corrected chi connectivity index (χ4v) is 0.896. The van der Waals surface area contributed by atoms with Gasteiger partial charge in [0.1, 0.15) is 12.2 Å². The monoisotopic (exact) mass is 258 g/mol. The Morgan fingerprint density at radius 2 is 1.78 bits per heavy atom. The van der Waals surface area contributed by atoms with E-state index in [-0.39, 0.29) is 12.2 Å². The van der Waals surface area contributed by atoms with E-state index in [1.165, 1.54) is 0 Å². The van der Waals surface area contributed by atoms with Crippen LogP contribution < -0.4 is 0 Å². The molecule has 0 fully saturated rings. The lowest BCUT2D eigenvalue weighted by atomic mass is 10.2. The molecule has 0 saturated heterocycles. The lowest BCUT2D eigenvalue weighted by molar-refractivity contribution is -0.139. The van der Waals surface area contributed by atoms with E-state index in [2.05, 4.69) is 6.58 Å². The molecule has 0 saturated carbocycles. The lowest BCUT2D eigenvalue weighted by Gasteiger charge is -2.18. The first-order valence-electron chi connectivity index (χ1n) is 5.97. The molecular weight excluding hydrogens is 236 g/mol. The van der Waals surface area contributed by atoms with Crippen LogP contribution in [0.1, 0.15) is 40.5 Å². The van der Waals surface area contributed by atoms with Gasteiger partial charge >= 0.3 is 12.1 Å². The fraction of sp³-hybridized carbons (Fsp3) is 0.692. The van der Waals surface area contributed by atoms with Crippen LogP contribution in [-0.2, 0) is 19.0 Å². The lowest BCUT2D eigenvalue weighted by Crippen LogP contribution is -2.25. The van der Waals surface area contributed by atoms with Crippen molar-refractivity contribution in [3.8, 4) is 0 Å². The number of hydrogen-bond donors (Lipinski definition) is 0. The van der Waals surface area contributed by atoms with E-state index in [0.717, 1.165) is 12.8 Å². The van der Waals surface area contributed by atoms with Crippen LogP contribution in [0.3, 0.4) is 0 Å². The summed E-state index contributed by atoms with van der Waals surface area (Å²) in [5, 5.41) is 0. The fourth-order valence-electron chi connectivity index (χ4n) is 0.896. The summed E-state index contributed by atoms with van der Waals surface area (Å²) in [6.07, 6.45) is 0.908. The number of carbonyl (C=O) groups excluding carboxylic acids is 2. The average Bonchev–Trinajstić information content (AvgIpc) is 2.23. The highest BCUT2D eigenvalue weighted by molar-refractivity contribution is 5.88. The van der Waals surface area contributed by atoms with Gasteiger partial charge in [-0.25, -0.2) is 9.59 Å². The third-order valence-electron chi connectivity index (χ3n) is 1.77. The van der Waals surface area contributed by atoms with Crippen LogP contribution in [0.4, 0.5) is 4.79 Å². The number of carbonyl (C=O) groups is 2. The molecule has 0 radical (unpaired) electrons. The Hall–Kier alpha value is -1.52. The van der Waals surface area contributed by atoms with E-state index in [4.69, 9.17) is 14.2 Å². The standard InChI is InChI=1S/C13H22O5/c1-6-7-8-16-11(14)10(2)9-17-12(15)18-13(3,4)5/h2,6-9H2,1,3-5H3. The van der Waals surface area contributed by atoms with Crippen molar-refractivity contribution in [1.29, 1.82) is 0 Å². The summed E-state index contributed by atoms with van der Waals surface area (Å²) < 4.78 is 14.6. The van der Waals surface area contributed by atoms with Gasteiger partial charge in [0.15, 0.2) is 0 Å². The van der Waals surface area contributed by atoms with E-state index in [0.29, 0.717) is 6.61 Å². The van der Waals surface area contributed by atoms with Gasteiger partial charge < -0.3 is 14.2 Å². The molecule has 0 aliphatic carbocycles. The Morgan fingerprint density at radius 1 is 1.17 bits per heavy atom. The summed E-state index contributed by atoms with van der Waals surface area (Å²) in [4.78, 5) is 22.6. The van der Waals surface area contributed by atoms with Crippen molar-refractivity contribution in [3.05, 3.63) is 12.2 Å². The van der Waals surface area contributed by atoms with Crippen LogP contribution in [0.25, 0.3) is 0 Å². The Bertz CT molecular complexity index is 301. The van der Waals surface area contributed by atoms with Crippen molar-refractivity contribution in [3.63, 3.8) is 0 Å². The normalized spacial score (nSPS) is 10.7. The highest BCUT2D eigenvalue weighted by Gasteiger charge is 2.18. The Balaban J connectivity index is 3.89. The highest BCUT2D eigenvalue weighted by atomic mass is 16.7. The average molecular weight is 258 g/mol. The van der Waals surface area contributed by atoms with Crippen LogP contribution in [-0.4, -0.2) is 30.9 Å². The maximum Gasteiger partial charge on any atom is 0.509 e. The molecular formula is C13H22O5. The van der Waals surface area contributed by atoms with Crippen molar-refractivity contribution in [2.45, 2.75) is 46.1 Å². The predicted octanol–water partition coefficient (Wildman–Crippen LogP) is 2.84. The van der Waals surface area contributed by atoms with Crippen molar-refractivity contribution >= 4 is 12.1 Å². The van der Waals surface area contributed by atoms with Crippen molar-refractivity contribution < 1.29 is 23.8 Å². The topological polar surface area (TPSA) is 61.8 Å². The summed E-state index contributed by atoms with van der Waals surface area (Å²) in [6, 6.07) is 0. The minimum atomic E-state index is -0.829. The van der Waals surface area contributed by atoms with Gasteiger partial charge in [0.25, 0.3) is 0 Å². The van der Waals surface area contributed by atoms with Gasteiger partial charge in [0, 0.05) is 0 Å². The van der Waals surface area contributed by atoms with Gasteiger partial charge in [-0.3, -0.25) is 0 Å². The number of rotatable bonds is 6. The largest absolute Gasteiger partial charge is 0.509 e. The first-order chi connectivity index (χ1) is 8.26. The van der Waals surface area contributed by atoms with Gasteiger partial charge in [-0.15, -0.1) is 0 Å². The van der Waals surface area contributed by atoms with E-state index in [1.807, 2.05) is 6.92 Å². The molecule has 0 atom stereocenters. The molecule has 0 N–H and O–H groups in total. The van der Waals surface area contributed by atoms with Gasteiger partial charge in [0.05, 0.1) is 12.2 Å². The molecule has 0 amide bonds. The molecule has 0 rings (SSSR count). The Morgan fingerprint density at radius 3 is 2.28 bits per heavy atom. The molecule has 18 heavy (non-hydrogen) atoms. The summed E-state index contributed by atoms with van der Waals surface area (Å²) in [5.41, 5.74) is -0.531. The molecule has 104 valence electrons. The van der Waals surface area contributed by atoms with E-state index in [9.17, 15) is 9.59 Å². The summed E-state index contributed by atoms with van der Waals surface area (Å²) >= 11 is 0. The second-order valence-corrected chi connectivity index (χ2v) is 4.85. The third-order valence-corrected chi connectivity index (χ3v) is 1.77. The maximum atomic E-state index is 11.4. The van der Waals surface area contributed by atoms with Crippen molar-refractivity contribution in [1.82, 2.24) is 0 Å². The summed E-state index contributed by atoms with van der Waals surface area (Å²) in [6.45, 7) is 10.8. The molecule has 0 unspecified atom stereocenters. The summed E-state index contributed by atoms with van der Waals surface area (Å²) in [7, 11) is 0. The number of unbranched alkanes of at least 4 members (excludes halogenated alkanes) is 1. The predicted molar refractivity (Wildman–Crippen MR) is 67.2 cm³/mol. The Labute approximate surface area is 108 Å². The zero-order chi connectivity index (χ0) is 14.2. The van der Waals surface area contributed by atoms with E-state index in [1.54, 1.807) is 20.8 Å². The molecule has 0 aromatic carbocycles. The second kappa shape index (κ2) is 7.74. The van der Waals surface area contributed by atoms with Crippen LogP contribution in [0.5, 0.6) is 0 Å². The quantitative estimate of drug-likeness (QED) is 0.416. The van der Waals surface area contributed by atoms with E-state index >= 15 is 0 Å². The van der Waals surface area contributed by atoms with Gasteiger partial charge in [-0.2, -0.15) is 0 Å². The molecule has 0 spiro atoms. The van der Waals surface area contributed by atoms with Crippen LogP contribution in [0.2, 0.25) is 0 Å². The van der Waals surface area contributed by atoms with E-state index < -0.39 is 17.7 Å². The minimum Gasteiger partial charge on any atom is -0.462 e. The first kappa shape index (κ1) is 16.5. The smallest absolute Gasteiger partial charge is 0.462 e. The summed E-state index contributed by atoms with van der Waals surface area (Å²) in [5.74, 6) is -0.549. The van der Waals surface area contributed by atoms with Crippen LogP contribution in [0.15, 0.2) is 12.2 Å². The molecule has 5 heteroatoms. The molecule has 0 aliphatic rings. The van der Waals surface area contributed by atoms with Crippen molar-refractivity contribution in [2.24, 2.45) is 0 Å². The van der Waals surface area contributed by atoms with Crippen LogP contribution >= 0.6 is 0 Å². The zero-order valence-corrected chi connectivity index (χ0v) is 11.6. The molecule has 0 aliphatic heterocycles. The van der Waals surface area contributed by atoms with Crippen LogP contribution in [0, 0.1) is 0 Å². The molecule has 0 aromatic heterocycles. The maximum absolute atomic E-state index is 11.4. The minimum absolute atomic E-state index is 0.0944. The third kappa shape index (κ3) is 8.61.